The average molecular weight is 444 g/mol. The second kappa shape index (κ2) is 10.1. The molecule has 0 unspecified atom stereocenters. The number of aliphatic hydroxyl groups is 1. The zero-order chi connectivity index (χ0) is 23.2. The summed E-state index contributed by atoms with van der Waals surface area (Å²) in [7, 11) is 3.92. The number of aromatic nitrogens is 4. The summed E-state index contributed by atoms with van der Waals surface area (Å²) in [5, 5.41) is 17.3. The van der Waals surface area contributed by atoms with E-state index < -0.39 is 0 Å². The molecule has 2 heterocycles. The van der Waals surface area contributed by atoms with E-state index in [4.69, 9.17) is 14.3 Å². The maximum absolute atomic E-state index is 8.98. The summed E-state index contributed by atoms with van der Waals surface area (Å²) in [4.78, 5) is 10.9. The minimum atomic E-state index is 0.0645. The van der Waals surface area contributed by atoms with Crippen molar-refractivity contribution in [2.24, 2.45) is 0 Å². The Kier molecular flexibility index (Phi) is 6.75. The van der Waals surface area contributed by atoms with Gasteiger partial charge in [-0.05, 0) is 17.7 Å². The van der Waals surface area contributed by atoms with Crippen molar-refractivity contribution in [2.75, 3.05) is 27.3 Å². The summed E-state index contributed by atoms with van der Waals surface area (Å²) < 4.78 is 11.6. The number of aliphatic hydroxyl groups excluding tert-OH is 1. The summed E-state index contributed by atoms with van der Waals surface area (Å²) in [5.74, 6) is 1.20. The van der Waals surface area contributed by atoms with Crippen LogP contribution in [-0.4, -0.2) is 57.5 Å². The van der Waals surface area contributed by atoms with E-state index in [2.05, 4.69) is 26.7 Å². The number of para-hydroxylation sites is 1. The monoisotopic (exact) mass is 443 g/mol. The van der Waals surface area contributed by atoms with Crippen molar-refractivity contribution in [3.8, 4) is 40.0 Å². The minimum Gasteiger partial charge on any atom is -0.493 e. The van der Waals surface area contributed by atoms with Gasteiger partial charge >= 0.3 is 0 Å². The molecule has 0 atom stereocenters. The molecule has 0 aliphatic rings. The van der Waals surface area contributed by atoms with Crippen molar-refractivity contribution >= 4 is 5.70 Å². The van der Waals surface area contributed by atoms with Crippen LogP contribution < -0.4 is 4.74 Å². The quantitative estimate of drug-likeness (QED) is 0.385. The molecule has 4 aromatic rings. The lowest BCUT2D eigenvalue weighted by atomic mass is 10.1. The number of benzene rings is 2. The van der Waals surface area contributed by atoms with Gasteiger partial charge in [0.25, 0.3) is 11.8 Å². The first-order chi connectivity index (χ1) is 16.1. The Hall–Kier alpha value is -4.04. The van der Waals surface area contributed by atoms with E-state index in [1.165, 1.54) is 0 Å². The molecule has 0 radical (unpaired) electrons. The molecule has 1 N–H and O–H groups in total. The standard InChI is InChI=1S/C25H25N5O3/c1-17(30(2)3)18-9-11-19(12-10-18)21-15-26-16-22(27-21)25-29-28-24(33-25)20-7-4-5-8-23(20)32-14-6-13-31/h4-5,7-12,15-16,31H,1,6,13-14H2,2-3H3. The predicted octanol–water partition coefficient (Wildman–Crippen LogP) is 4.15. The summed E-state index contributed by atoms with van der Waals surface area (Å²) >= 11 is 0. The van der Waals surface area contributed by atoms with Gasteiger partial charge in [-0.1, -0.05) is 43.0 Å². The van der Waals surface area contributed by atoms with Gasteiger partial charge in [0.1, 0.15) is 11.4 Å². The SMILES string of the molecule is C=C(c1ccc(-c2cncc(-c3nnc(-c4ccccc4OCCCO)o3)n2)cc1)N(C)C. The van der Waals surface area contributed by atoms with Gasteiger partial charge in [-0.15, -0.1) is 10.2 Å². The van der Waals surface area contributed by atoms with E-state index in [-0.39, 0.29) is 12.5 Å². The molecule has 4 rings (SSSR count). The van der Waals surface area contributed by atoms with Crippen molar-refractivity contribution in [3.05, 3.63) is 73.1 Å². The summed E-state index contributed by atoms with van der Waals surface area (Å²) in [6.45, 7) is 4.54. The lowest BCUT2D eigenvalue weighted by Gasteiger charge is -2.15. The van der Waals surface area contributed by atoms with Gasteiger partial charge in [-0.3, -0.25) is 4.98 Å². The molecule has 2 aromatic carbocycles. The van der Waals surface area contributed by atoms with Crippen LogP contribution in [0.2, 0.25) is 0 Å². The number of ether oxygens (including phenoxy) is 1. The lowest BCUT2D eigenvalue weighted by Crippen LogP contribution is -2.08. The maximum atomic E-state index is 8.98. The molecule has 8 heteroatoms. The molecule has 0 saturated carbocycles. The normalized spacial score (nSPS) is 10.8. The second-order valence-electron chi connectivity index (χ2n) is 7.54. The number of nitrogens with zero attached hydrogens (tertiary/aromatic N) is 5. The van der Waals surface area contributed by atoms with Gasteiger partial charge in [0.05, 0.1) is 30.3 Å². The van der Waals surface area contributed by atoms with E-state index in [9.17, 15) is 0 Å². The molecule has 0 fully saturated rings. The first-order valence-corrected chi connectivity index (χ1v) is 10.5. The van der Waals surface area contributed by atoms with Gasteiger partial charge < -0.3 is 19.2 Å². The molecule has 168 valence electrons. The van der Waals surface area contributed by atoms with Gasteiger partial charge in [-0.2, -0.15) is 0 Å². The van der Waals surface area contributed by atoms with Crippen LogP contribution in [0.3, 0.4) is 0 Å². The maximum Gasteiger partial charge on any atom is 0.268 e. The minimum absolute atomic E-state index is 0.0645. The Bertz CT molecular complexity index is 1230. The fraction of sp³-hybridized carbons (Fsp3) is 0.200. The third-order valence-electron chi connectivity index (χ3n) is 5.01. The fourth-order valence-corrected chi connectivity index (χ4v) is 3.15. The van der Waals surface area contributed by atoms with Crippen LogP contribution >= 0.6 is 0 Å². The largest absolute Gasteiger partial charge is 0.493 e. The first kappa shape index (κ1) is 22.2. The Balaban J connectivity index is 1.58. The van der Waals surface area contributed by atoms with Crippen molar-refractivity contribution in [1.29, 1.82) is 0 Å². The zero-order valence-electron chi connectivity index (χ0n) is 18.6. The van der Waals surface area contributed by atoms with E-state index in [0.717, 1.165) is 16.8 Å². The number of hydrogen-bond donors (Lipinski definition) is 1. The van der Waals surface area contributed by atoms with Crippen LogP contribution in [0, 0.1) is 0 Å². The third-order valence-corrected chi connectivity index (χ3v) is 5.01. The molecule has 0 amide bonds. The number of rotatable bonds is 9. The van der Waals surface area contributed by atoms with Gasteiger partial charge in [0.15, 0.2) is 0 Å². The van der Waals surface area contributed by atoms with E-state index in [1.54, 1.807) is 12.4 Å². The van der Waals surface area contributed by atoms with Gasteiger partial charge in [0, 0.05) is 38.4 Å². The Labute approximate surface area is 192 Å². The molecule has 0 aliphatic carbocycles. The highest BCUT2D eigenvalue weighted by Crippen LogP contribution is 2.31. The topological polar surface area (TPSA) is 97.4 Å². The molecule has 0 aliphatic heterocycles. The Morgan fingerprint density at radius 2 is 1.73 bits per heavy atom. The van der Waals surface area contributed by atoms with E-state index in [1.807, 2.05) is 67.5 Å². The molecule has 0 bridgehead atoms. The molecule has 33 heavy (non-hydrogen) atoms. The molecule has 8 nitrogen and oxygen atoms in total. The average Bonchev–Trinajstić information content (AvgIpc) is 3.34. The van der Waals surface area contributed by atoms with Crippen molar-refractivity contribution < 1.29 is 14.3 Å². The predicted molar refractivity (Wildman–Crippen MR) is 126 cm³/mol. The van der Waals surface area contributed by atoms with Gasteiger partial charge in [0.2, 0.25) is 0 Å². The highest BCUT2D eigenvalue weighted by Gasteiger charge is 2.16. The third kappa shape index (κ3) is 5.07. The summed E-state index contributed by atoms with van der Waals surface area (Å²) in [5.41, 5.74) is 4.74. The van der Waals surface area contributed by atoms with Crippen molar-refractivity contribution in [1.82, 2.24) is 25.1 Å². The van der Waals surface area contributed by atoms with Crippen LogP contribution in [0.1, 0.15) is 12.0 Å². The summed E-state index contributed by atoms with van der Waals surface area (Å²) in [6, 6.07) is 15.4. The Morgan fingerprint density at radius 1 is 1.00 bits per heavy atom. The van der Waals surface area contributed by atoms with Crippen molar-refractivity contribution in [2.45, 2.75) is 6.42 Å². The molecular formula is C25H25N5O3. The first-order valence-electron chi connectivity index (χ1n) is 10.5. The van der Waals surface area contributed by atoms with Crippen molar-refractivity contribution in [3.63, 3.8) is 0 Å². The highest BCUT2D eigenvalue weighted by atomic mass is 16.5. The van der Waals surface area contributed by atoms with Gasteiger partial charge in [-0.25, -0.2) is 4.98 Å². The van der Waals surface area contributed by atoms with Crippen LogP contribution in [0.25, 0.3) is 40.0 Å². The van der Waals surface area contributed by atoms with Crippen LogP contribution in [-0.2, 0) is 0 Å². The van der Waals surface area contributed by atoms with Crippen LogP contribution in [0.4, 0.5) is 0 Å². The number of hydrogen-bond acceptors (Lipinski definition) is 8. The second-order valence-corrected chi connectivity index (χ2v) is 7.54. The smallest absolute Gasteiger partial charge is 0.268 e. The molecule has 0 saturated heterocycles. The molecule has 2 aromatic heterocycles. The Morgan fingerprint density at radius 3 is 2.48 bits per heavy atom. The fourth-order valence-electron chi connectivity index (χ4n) is 3.15. The highest BCUT2D eigenvalue weighted by molar-refractivity contribution is 5.68. The molecular weight excluding hydrogens is 418 g/mol. The summed E-state index contributed by atoms with van der Waals surface area (Å²) in [6.07, 6.45) is 3.82. The molecule has 0 spiro atoms. The lowest BCUT2D eigenvalue weighted by molar-refractivity contribution is 0.234. The zero-order valence-corrected chi connectivity index (χ0v) is 18.6. The van der Waals surface area contributed by atoms with E-state index >= 15 is 0 Å². The van der Waals surface area contributed by atoms with Crippen LogP contribution in [0.15, 0.2) is 71.9 Å². The van der Waals surface area contributed by atoms with Crippen LogP contribution in [0.5, 0.6) is 5.75 Å². The van der Waals surface area contributed by atoms with E-state index in [0.29, 0.717) is 41.6 Å².